The maximum atomic E-state index is 10.7. The van der Waals surface area contributed by atoms with Gasteiger partial charge in [0.05, 0.1) is 26.1 Å². The van der Waals surface area contributed by atoms with E-state index in [4.69, 9.17) is 10.3 Å². The van der Waals surface area contributed by atoms with E-state index in [1.165, 1.54) is 12.6 Å². The van der Waals surface area contributed by atoms with E-state index in [9.17, 15) is 9.59 Å². The third kappa shape index (κ3) is 6.02. The first-order valence-electron chi connectivity index (χ1n) is 3.53. The Labute approximate surface area is 74.6 Å². The molecule has 0 saturated heterocycles. The molecule has 0 rings (SSSR count). The lowest BCUT2D eigenvalue weighted by Crippen LogP contribution is -2.30. The van der Waals surface area contributed by atoms with Crippen LogP contribution in [0.25, 0.3) is 0 Å². The number of aliphatic hydroxyl groups is 1. The van der Waals surface area contributed by atoms with Crippen molar-refractivity contribution in [2.45, 2.75) is 18.9 Å². The van der Waals surface area contributed by atoms with Crippen LogP contribution in [0.3, 0.4) is 0 Å². The smallest absolute Gasteiger partial charge is 0.246 e. The lowest BCUT2D eigenvalue weighted by atomic mass is 10.2. The summed E-state index contributed by atoms with van der Waals surface area (Å²) in [5.74, 6) is -1.29. The lowest BCUT2D eigenvalue weighted by Gasteiger charge is -2.07. The van der Waals surface area contributed by atoms with E-state index in [0.29, 0.717) is 0 Å². The highest BCUT2D eigenvalue weighted by Crippen LogP contribution is 1.97. The molecule has 13 heavy (non-hydrogen) atoms. The van der Waals surface area contributed by atoms with E-state index in [2.05, 4.69) is 4.84 Å². The molecule has 0 heterocycles. The van der Waals surface area contributed by atoms with E-state index in [1.807, 2.05) is 5.48 Å². The summed E-state index contributed by atoms with van der Waals surface area (Å²) in [6, 6.07) is 0. The topological polar surface area (TPSA) is 108 Å². The van der Waals surface area contributed by atoms with Gasteiger partial charge in [0, 0.05) is 0 Å². The summed E-state index contributed by atoms with van der Waals surface area (Å²) in [7, 11) is 1.25. The average Bonchev–Trinajstić information content (AvgIpc) is 2.04. The quantitative estimate of drug-likeness (QED) is 0.307. The molecule has 7 heteroatoms. The monoisotopic (exact) mass is 192 g/mol. The molecule has 0 radical (unpaired) electrons. The van der Waals surface area contributed by atoms with Crippen LogP contribution in [0.15, 0.2) is 0 Å². The molecule has 4 N–H and O–H groups in total. The number of amides is 2. The second-order valence-electron chi connectivity index (χ2n) is 2.33. The van der Waals surface area contributed by atoms with E-state index in [-0.39, 0.29) is 12.8 Å². The maximum Gasteiger partial charge on any atom is 0.246 e. The third-order valence-electron chi connectivity index (χ3n) is 1.18. The van der Waals surface area contributed by atoms with Crippen molar-refractivity contribution in [1.29, 1.82) is 0 Å². The van der Waals surface area contributed by atoms with Crippen LogP contribution < -0.4 is 11.0 Å². The van der Waals surface area contributed by atoms with Crippen LogP contribution in [0, 0.1) is 0 Å². The van der Waals surface area contributed by atoms with Crippen molar-refractivity contribution >= 4 is 11.8 Å². The number of carbonyl (C=O) groups is 2. The van der Waals surface area contributed by atoms with Gasteiger partial charge in [0.2, 0.25) is 11.8 Å². The predicted octanol–water partition coefficient (Wildman–Crippen LogP) is -1.69. The first kappa shape index (κ1) is 11.8. The Hall–Kier alpha value is -1.18. The maximum absolute atomic E-state index is 10.7. The van der Waals surface area contributed by atoms with Gasteiger partial charge < -0.3 is 5.11 Å². The van der Waals surface area contributed by atoms with E-state index < -0.39 is 17.9 Å². The minimum Gasteiger partial charge on any atom is -0.392 e. The molecule has 0 aromatic rings. The summed E-state index contributed by atoms with van der Waals surface area (Å²) in [4.78, 5) is 25.5. The second-order valence-corrected chi connectivity index (χ2v) is 2.33. The summed E-state index contributed by atoms with van der Waals surface area (Å²) >= 11 is 0. The highest BCUT2D eigenvalue weighted by molar-refractivity contribution is 5.78. The minimum absolute atomic E-state index is 0.263. The van der Waals surface area contributed by atoms with Gasteiger partial charge in [-0.15, -0.1) is 0 Å². The molecule has 76 valence electrons. The van der Waals surface area contributed by atoms with Gasteiger partial charge in [-0.1, -0.05) is 0 Å². The van der Waals surface area contributed by atoms with Crippen molar-refractivity contribution in [3.63, 3.8) is 0 Å². The van der Waals surface area contributed by atoms with Crippen molar-refractivity contribution in [1.82, 2.24) is 11.0 Å². The highest BCUT2D eigenvalue weighted by atomic mass is 16.6. The van der Waals surface area contributed by atoms with Crippen LogP contribution in [0.2, 0.25) is 0 Å². The summed E-state index contributed by atoms with van der Waals surface area (Å²) in [5, 5.41) is 17.1. The Kier molecular flexibility index (Phi) is 5.77. The molecule has 2 amide bonds. The van der Waals surface area contributed by atoms with Crippen molar-refractivity contribution < 1.29 is 24.7 Å². The van der Waals surface area contributed by atoms with Crippen LogP contribution in [-0.2, 0) is 14.4 Å². The zero-order valence-electron chi connectivity index (χ0n) is 7.11. The Morgan fingerprint density at radius 2 is 1.92 bits per heavy atom. The fourth-order valence-corrected chi connectivity index (χ4v) is 0.701. The Balaban J connectivity index is 3.67. The molecule has 0 bridgehead atoms. The fraction of sp³-hybridized carbons (Fsp3) is 0.667. The molecule has 0 spiro atoms. The fourth-order valence-electron chi connectivity index (χ4n) is 0.701. The first-order valence-corrected chi connectivity index (χ1v) is 3.53. The number of aliphatic hydroxyl groups excluding tert-OH is 1. The van der Waals surface area contributed by atoms with Crippen LogP contribution in [0.4, 0.5) is 0 Å². The molecular formula is C6H12N2O5. The molecular weight excluding hydrogens is 180 g/mol. The third-order valence-corrected chi connectivity index (χ3v) is 1.18. The lowest BCUT2D eigenvalue weighted by molar-refractivity contribution is -0.135. The van der Waals surface area contributed by atoms with Gasteiger partial charge in [-0.2, -0.15) is 0 Å². The summed E-state index contributed by atoms with van der Waals surface area (Å²) in [6.07, 6.45) is -1.74. The van der Waals surface area contributed by atoms with Crippen molar-refractivity contribution in [2.24, 2.45) is 0 Å². The summed E-state index contributed by atoms with van der Waals surface area (Å²) < 4.78 is 0. The SMILES string of the molecule is CONC(=O)CC(O)CC(=O)NO. The van der Waals surface area contributed by atoms with Crippen LogP contribution in [0.1, 0.15) is 12.8 Å². The first-order chi connectivity index (χ1) is 6.10. The second kappa shape index (κ2) is 6.35. The van der Waals surface area contributed by atoms with Gasteiger partial charge in [0.25, 0.3) is 0 Å². The molecule has 1 unspecified atom stereocenters. The zero-order valence-corrected chi connectivity index (χ0v) is 7.11. The average molecular weight is 192 g/mol. The van der Waals surface area contributed by atoms with Crippen LogP contribution in [-0.4, -0.2) is 35.3 Å². The van der Waals surface area contributed by atoms with Crippen LogP contribution >= 0.6 is 0 Å². The molecule has 0 aromatic heterocycles. The number of hydroxylamine groups is 2. The van der Waals surface area contributed by atoms with Crippen molar-refractivity contribution in [2.75, 3.05) is 7.11 Å². The number of nitrogens with one attached hydrogen (secondary N) is 2. The molecule has 0 aliphatic heterocycles. The van der Waals surface area contributed by atoms with Gasteiger partial charge in [-0.05, 0) is 0 Å². The minimum atomic E-state index is -1.14. The Morgan fingerprint density at radius 1 is 1.38 bits per heavy atom. The van der Waals surface area contributed by atoms with Gasteiger partial charge in [-0.3, -0.25) is 19.6 Å². The van der Waals surface area contributed by atoms with Gasteiger partial charge >= 0.3 is 0 Å². The van der Waals surface area contributed by atoms with Gasteiger partial charge in [0.15, 0.2) is 0 Å². The molecule has 0 aromatic carbocycles. The number of hydrogen-bond acceptors (Lipinski definition) is 5. The molecule has 0 fully saturated rings. The largest absolute Gasteiger partial charge is 0.392 e. The predicted molar refractivity (Wildman–Crippen MR) is 40.3 cm³/mol. The summed E-state index contributed by atoms with van der Waals surface area (Å²) in [5.41, 5.74) is 3.31. The molecule has 0 aliphatic carbocycles. The Morgan fingerprint density at radius 3 is 2.38 bits per heavy atom. The standard InChI is InChI=1S/C6H12N2O5/c1-13-8-6(11)3-4(9)2-5(10)7-12/h4,9,12H,2-3H2,1H3,(H,7,10)(H,8,11). The molecule has 0 saturated carbocycles. The molecule has 7 nitrogen and oxygen atoms in total. The van der Waals surface area contributed by atoms with Gasteiger partial charge in [0.1, 0.15) is 0 Å². The van der Waals surface area contributed by atoms with E-state index >= 15 is 0 Å². The van der Waals surface area contributed by atoms with E-state index in [0.717, 1.165) is 0 Å². The Bertz CT molecular complexity index is 184. The summed E-state index contributed by atoms with van der Waals surface area (Å²) in [6.45, 7) is 0. The van der Waals surface area contributed by atoms with E-state index in [1.54, 1.807) is 0 Å². The zero-order chi connectivity index (χ0) is 10.3. The normalized spacial score (nSPS) is 11.9. The number of rotatable bonds is 5. The number of hydrogen-bond donors (Lipinski definition) is 4. The van der Waals surface area contributed by atoms with Gasteiger partial charge in [-0.25, -0.2) is 11.0 Å². The molecule has 1 atom stereocenters. The van der Waals surface area contributed by atoms with Crippen molar-refractivity contribution in [3.8, 4) is 0 Å². The highest BCUT2D eigenvalue weighted by Gasteiger charge is 2.14. The number of carbonyl (C=O) groups excluding carboxylic acids is 2. The van der Waals surface area contributed by atoms with Crippen molar-refractivity contribution in [3.05, 3.63) is 0 Å². The van der Waals surface area contributed by atoms with Crippen LogP contribution in [0.5, 0.6) is 0 Å². The molecule has 0 aliphatic rings.